The second kappa shape index (κ2) is 7.31. The van der Waals surface area contributed by atoms with Crippen molar-refractivity contribution in [3.8, 4) is 5.75 Å². The summed E-state index contributed by atoms with van der Waals surface area (Å²) in [4.78, 5) is 28.0. The molecule has 2 amide bonds. The number of rotatable bonds is 4. The van der Waals surface area contributed by atoms with E-state index in [9.17, 15) is 9.59 Å². The number of fused-ring (bicyclic) bond motifs is 1. The Morgan fingerprint density at radius 1 is 1.33 bits per heavy atom. The molecule has 124 valence electrons. The molecule has 0 saturated carbocycles. The Bertz CT molecular complexity index is 752. The molecule has 1 aliphatic heterocycles. The van der Waals surface area contributed by atoms with Crippen LogP contribution in [0.25, 0.3) is 0 Å². The van der Waals surface area contributed by atoms with Gasteiger partial charge in [0.05, 0.1) is 24.3 Å². The zero-order valence-electron chi connectivity index (χ0n) is 12.8. The molecule has 2 N–H and O–H groups in total. The zero-order chi connectivity index (χ0) is 16.9. The third kappa shape index (κ3) is 4.02. The molecule has 6 nitrogen and oxygen atoms in total. The lowest BCUT2D eigenvalue weighted by molar-refractivity contribution is -0.128. The van der Waals surface area contributed by atoms with Gasteiger partial charge in [-0.25, -0.2) is 0 Å². The molecule has 0 bridgehead atoms. The molecule has 0 radical (unpaired) electrons. The molecule has 0 fully saturated rings. The summed E-state index contributed by atoms with van der Waals surface area (Å²) in [5.74, 6) is -0.126. The molecule has 0 spiro atoms. The van der Waals surface area contributed by atoms with Crippen LogP contribution in [0.15, 0.2) is 42.7 Å². The van der Waals surface area contributed by atoms with Crippen molar-refractivity contribution in [2.45, 2.75) is 6.42 Å². The highest BCUT2D eigenvalue weighted by Gasteiger charge is 2.26. The monoisotopic (exact) mass is 345 g/mol. The van der Waals surface area contributed by atoms with Crippen molar-refractivity contribution >= 4 is 29.1 Å². The van der Waals surface area contributed by atoms with Crippen LogP contribution >= 0.6 is 11.6 Å². The normalized spacial score (nSPS) is 15.8. The van der Waals surface area contributed by atoms with Crippen molar-refractivity contribution in [1.82, 2.24) is 10.3 Å². The van der Waals surface area contributed by atoms with Crippen LogP contribution in [-0.4, -0.2) is 29.9 Å². The Morgan fingerprint density at radius 2 is 2.21 bits per heavy atom. The van der Waals surface area contributed by atoms with E-state index in [0.29, 0.717) is 17.1 Å². The second-order valence-corrected chi connectivity index (χ2v) is 5.91. The van der Waals surface area contributed by atoms with Gasteiger partial charge in [0.2, 0.25) is 11.8 Å². The first-order valence-electron chi connectivity index (χ1n) is 7.50. The number of halogens is 1. The van der Waals surface area contributed by atoms with Crippen LogP contribution in [0.1, 0.15) is 5.56 Å². The van der Waals surface area contributed by atoms with E-state index in [0.717, 1.165) is 11.3 Å². The van der Waals surface area contributed by atoms with Crippen LogP contribution in [-0.2, 0) is 16.0 Å². The van der Waals surface area contributed by atoms with E-state index in [4.69, 9.17) is 16.3 Å². The molecular weight excluding hydrogens is 330 g/mol. The number of anilines is 1. The Balaban J connectivity index is 1.51. The fraction of sp³-hybridized carbons (Fsp3) is 0.235. The largest absolute Gasteiger partial charge is 0.492 e. The molecule has 0 unspecified atom stereocenters. The van der Waals surface area contributed by atoms with Crippen molar-refractivity contribution in [2.24, 2.45) is 5.92 Å². The zero-order valence-corrected chi connectivity index (χ0v) is 13.5. The molecule has 0 aliphatic carbocycles. The minimum atomic E-state index is -0.345. The van der Waals surface area contributed by atoms with Gasteiger partial charge < -0.3 is 15.4 Å². The number of nitrogens with zero attached hydrogens (tertiary/aromatic N) is 1. The van der Waals surface area contributed by atoms with Crippen molar-refractivity contribution < 1.29 is 14.3 Å². The summed E-state index contributed by atoms with van der Waals surface area (Å²) >= 11 is 5.97. The summed E-state index contributed by atoms with van der Waals surface area (Å²) in [7, 11) is 0. The van der Waals surface area contributed by atoms with E-state index in [1.165, 1.54) is 6.20 Å². The SMILES string of the molecule is O=C(CNC(=O)[C@H]1COc2ccc(Cl)cc2C1)Nc1cccnc1. The van der Waals surface area contributed by atoms with E-state index in [1.54, 1.807) is 36.5 Å². The molecule has 24 heavy (non-hydrogen) atoms. The fourth-order valence-corrected chi connectivity index (χ4v) is 2.68. The predicted octanol–water partition coefficient (Wildman–Crippen LogP) is 2.04. The second-order valence-electron chi connectivity index (χ2n) is 5.47. The van der Waals surface area contributed by atoms with Crippen LogP contribution in [0.2, 0.25) is 5.02 Å². The van der Waals surface area contributed by atoms with E-state index in [1.807, 2.05) is 0 Å². The third-order valence-electron chi connectivity index (χ3n) is 3.67. The smallest absolute Gasteiger partial charge is 0.243 e. The van der Waals surface area contributed by atoms with Gasteiger partial charge in [0.15, 0.2) is 0 Å². The van der Waals surface area contributed by atoms with E-state index < -0.39 is 0 Å². The maximum Gasteiger partial charge on any atom is 0.243 e. The van der Waals surface area contributed by atoms with Crippen molar-refractivity contribution in [1.29, 1.82) is 0 Å². The molecule has 1 aromatic heterocycles. The van der Waals surface area contributed by atoms with Crippen LogP contribution < -0.4 is 15.4 Å². The Kier molecular flexibility index (Phi) is 4.96. The fourth-order valence-electron chi connectivity index (χ4n) is 2.49. The van der Waals surface area contributed by atoms with Crippen molar-refractivity contribution in [2.75, 3.05) is 18.5 Å². The van der Waals surface area contributed by atoms with Gasteiger partial charge in [-0.15, -0.1) is 0 Å². The van der Waals surface area contributed by atoms with Crippen LogP contribution in [0, 0.1) is 5.92 Å². The molecule has 2 heterocycles. The molecular formula is C17H16ClN3O3. The Morgan fingerprint density at radius 3 is 3.00 bits per heavy atom. The summed E-state index contributed by atoms with van der Waals surface area (Å²) < 4.78 is 5.59. The molecule has 3 rings (SSSR count). The number of nitrogens with one attached hydrogen (secondary N) is 2. The van der Waals surface area contributed by atoms with E-state index in [-0.39, 0.29) is 30.9 Å². The summed E-state index contributed by atoms with van der Waals surface area (Å²) in [5.41, 5.74) is 1.48. The average molecular weight is 346 g/mol. The summed E-state index contributed by atoms with van der Waals surface area (Å²) in [6, 6.07) is 8.79. The summed E-state index contributed by atoms with van der Waals surface area (Å²) in [6.45, 7) is 0.178. The standard InChI is InChI=1S/C17H16ClN3O3/c18-13-3-4-15-11(7-13)6-12(10-24-15)17(23)20-9-16(22)21-14-2-1-5-19-8-14/h1-5,7-8,12H,6,9-10H2,(H,20,23)(H,21,22)/t12-/m1/s1. The van der Waals surface area contributed by atoms with Gasteiger partial charge >= 0.3 is 0 Å². The predicted molar refractivity (Wildman–Crippen MR) is 90.0 cm³/mol. The highest BCUT2D eigenvalue weighted by atomic mass is 35.5. The Labute approximate surface area is 144 Å². The molecule has 1 aliphatic rings. The number of ether oxygens (including phenoxy) is 1. The van der Waals surface area contributed by atoms with Crippen LogP contribution in [0.4, 0.5) is 5.69 Å². The first-order valence-corrected chi connectivity index (χ1v) is 7.88. The maximum atomic E-state index is 12.2. The van der Waals surface area contributed by atoms with Gasteiger partial charge in [0.1, 0.15) is 12.4 Å². The Hall–Kier alpha value is -2.60. The number of aromatic nitrogens is 1. The highest BCUT2D eigenvalue weighted by molar-refractivity contribution is 6.30. The lowest BCUT2D eigenvalue weighted by Gasteiger charge is -2.24. The minimum Gasteiger partial charge on any atom is -0.492 e. The average Bonchev–Trinajstić information content (AvgIpc) is 2.60. The third-order valence-corrected chi connectivity index (χ3v) is 3.90. The van der Waals surface area contributed by atoms with Gasteiger partial charge in [-0.1, -0.05) is 11.6 Å². The lowest BCUT2D eigenvalue weighted by Crippen LogP contribution is -2.40. The summed E-state index contributed by atoms with van der Waals surface area (Å²) in [5, 5.41) is 5.90. The number of pyridine rings is 1. The van der Waals surface area contributed by atoms with Crippen molar-refractivity contribution in [3.63, 3.8) is 0 Å². The van der Waals surface area contributed by atoms with Crippen molar-refractivity contribution in [3.05, 3.63) is 53.3 Å². The molecule has 7 heteroatoms. The number of carbonyl (C=O) groups is 2. The van der Waals surface area contributed by atoms with Gasteiger partial charge in [-0.2, -0.15) is 0 Å². The van der Waals surface area contributed by atoms with Gasteiger partial charge in [0.25, 0.3) is 0 Å². The van der Waals surface area contributed by atoms with Gasteiger partial charge in [-0.3, -0.25) is 14.6 Å². The molecule has 1 aromatic carbocycles. The van der Waals surface area contributed by atoms with E-state index in [2.05, 4.69) is 15.6 Å². The highest BCUT2D eigenvalue weighted by Crippen LogP contribution is 2.29. The van der Waals surface area contributed by atoms with Gasteiger partial charge in [-0.05, 0) is 42.3 Å². The quantitative estimate of drug-likeness (QED) is 0.888. The first kappa shape index (κ1) is 16.3. The molecule has 1 atom stereocenters. The van der Waals surface area contributed by atoms with Crippen LogP contribution in [0.3, 0.4) is 0 Å². The number of hydrogen-bond donors (Lipinski definition) is 2. The topological polar surface area (TPSA) is 80.3 Å². The minimum absolute atomic E-state index is 0.105. The van der Waals surface area contributed by atoms with Gasteiger partial charge in [0, 0.05) is 11.2 Å². The molecule has 0 saturated heterocycles. The maximum absolute atomic E-state index is 12.2. The summed E-state index contributed by atoms with van der Waals surface area (Å²) in [6.07, 6.45) is 3.69. The van der Waals surface area contributed by atoms with E-state index >= 15 is 0 Å². The number of hydrogen-bond acceptors (Lipinski definition) is 4. The van der Waals surface area contributed by atoms with Crippen LogP contribution in [0.5, 0.6) is 5.75 Å². The number of amides is 2. The number of carbonyl (C=O) groups excluding carboxylic acids is 2. The first-order chi connectivity index (χ1) is 11.6. The molecule has 2 aromatic rings. The lowest BCUT2D eigenvalue weighted by atomic mass is 9.96. The number of benzene rings is 1.